The first-order valence-corrected chi connectivity index (χ1v) is 13.1. The van der Waals surface area contributed by atoms with Gasteiger partial charge in [-0.15, -0.1) is 11.8 Å². The van der Waals surface area contributed by atoms with Gasteiger partial charge in [-0.1, -0.05) is 42.5 Å². The fourth-order valence-corrected chi connectivity index (χ4v) is 6.24. The van der Waals surface area contributed by atoms with Crippen molar-refractivity contribution in [1.82, 2.24) is 15.1 Å². The van der Waals surface area contributed by atoms with Gasteiger partial charge in [0.2, 0.25) is 5.91 Å². The fourth-order valence-electron chi connectivity index (χ4n) is 4.85. The molecule has 2 fully saturated rings. The molecule has 0 bridgehead atoms. The van der Waals surface area contributed by atoms with Gasteiger partial charge in [0, 0.05) is 23.7 Å². The predicted octanol–water partition coefficient (Wildman–Crippen LogP) is 2.98. The maximum atomic E-state index is 13.5. The number of benzene rings is 2. The standard InChI is InChI=1S/C27H28F3N3O5S/c1-16-18(10-6-11-20(16)34)23(36)31-19(14-17-8-4-3-5-9-17)21(35)24(37)32-15-39-26(2)22(32)25(38)33(26)13-7-12-27(28,29)30/h3-12,19,21-22,34-35H,13-15H2,1-2H3,(H,31,36)/t19-,21-,22+,26?/m0/s1. The molecule has 2 aromatic rings. The Hall–Kier alpha value is -3.51. The smallest absolute Gasteiger partial charge is 0.409 e. The molecule has 2 aliphatic rings. The SMILES string of the molecule is Cc1c(O)cccc1C(=O)N[C@@H](Cc1ccccc1)[C@H](O)C(=O)N1CSC2(C)[C@H]1C(=O)N2CC=CC(F)(F)F. The van der Waals surface area contributed by atoms with Crippen LogP contribution in [0.15, 0.2) is 60.7 Å². The van der Waals surface area contributed by atoms with Gasteiger partial charge < -0.3 is 25.3 Å². The number of rotatable bonds is 8. The molecule has 0 aromatic heterocycles. The molecule has 2 aliphatic heterocycles. The Balaban J connectivity index is 1.52. The minimum Gasteiger partial charge on any atom is -0.508 e. The van der Waals surface area contributed by atoms with Gasteiger partial charge in [0.25, 0.3) is 11.8 Å². The number of allylic oxidation sites excluding steroid dienone is 1. The highest BCUT2D eigenvalue weighted by molar-refractivity contribution is 8.01. The van der Waals surface area contributed by atoms with Gasteiger partial charge in [-0.25, -0.2) is 0 Å². The van der Waals surface area contributed by atoms with Crippen molar-refractivity contribution in [3.63, 3.8) is 0 Å². The number of aliphatic hydroxyl groups excluding tert-OH is 1. The van der Waals surface area contributed by atoms with Crippen LogP contribution < -0.4 is 5.32 Å². The number of alkyl halides is 3. The van der Waals surface area contributed by atoms with Crippen LogP contribution in [0.4, 0.5) is 13.2 Å². The highest BCUT2D eigenvalue weighted by Gasteiger charge is 2.65. The number of phenolic OH excluding ortho intramolecular Hbond substituents is 1. The van der Waals surface area contributed by atoms with Crippen molar-refractivity contribution in [3.8, 4) is 5.75 Å². The molecule has 2 aromatic carbocycles. The summed E-state index contributed by atoms with van der Waals surface area (Å²) >= 11 is 1.22. The molecule has 2 heterocycles. The number of nitrogens with one attached hydrogen (secondary N) is 1. The maximum absolute atomic E-state index is 13.5. The number of β-lactam (4-membered cyclic amide) rings is 1. The minimum atomic E-state index is -4.50. The van der Waals surface area contributed by atoms with Crippen molar-refractivity contribution >= 4 is 29.5 Å². The van der Waals surface area contributed by atoms with E-state index in [1.807, 2.05) is 0 Å². The zero-order valence-electron chi connectivity index (χ0n) is 21.2. The Morgan fingerprint density at radius 1 is 1.21 bits per heavy atom. The molecule has 0 saturated carbocycles. The van der Waals surface area contributed by atoms with Gasteiger partial charge in [0.05, 0.1) is 11.9 Å². The summed E-state index contributed by atoms with van der Waals surface area (Å²) in [5.41, 5.74) is 1.25. The molecule has 4 rings (SSSR count). The van der Waals surface area contributed by atoms with Gasteiger partial charge >= 0.3 is 6.18 Å². The number of hydrogen-bond donors (Lipinski definition) is 3. The van der Waals surface area contributed by atoms with Crippen molar-refractivity contribution in [2.45, 2.75) is 49.5 Å². The summed E-state index contributed by atoms with van der Waals surface area (Å²) in [6.45, 7) is 2.97. The first-order valence-electron chi connectivity index (χ1n) is 12.2. The Morgan fingerprint density at radius 2 is 1.90 bits per heavy atom. The first kappa shape index (κ1) is 28.5. The zero-order valence-corrected chi connectivity index (χ0v) is 22.0. The second kappa shape index (κ2) is 10.9. The first-order chi connectivity index (χ1) is 18.3. The Morgan fingerprint density at radius 3 is 2.56 bits per heavy atom. The number of carbonyl (C=O) groups is 3. The van der Waals surface area contributed by atoms with Gasteiger partial charge in [0.1, 0.15) is 16.7 Å². The summed E-state index contributed by atoms with van der Waals surface area (Å²) in [7, 11) is 0. The number of likely N-dealkylation sites (tertiary alicyclic amines) is 1. The van der Waals surface area contributed by atoms with E-state index in [0.29, 0.717) is 5.56 Å². The van der Waals surface area contributed by atoms with Crippen LogP contribution in [-0.2, 0) is 16.0 Å². The number of halogens is 3. The average molecular weight is 564 g/mol. The van der Waals surface area contributed by atoms with Gasteiger partial charge in [0.15, 0.2) is 6.10 Å². The van der Waals surface area contributed by atoms with Crippen LogP contribution in [0.1, 0.15) is 28.4 Å². The molecule has 3 amide bonds. The second-order valence-corrected chi connectivity index (χ2v) is 11.0. The normalized spacial score (nSPS) is 22.4. The van der Waals surface area contributed by atoms with Crippen LogP contribution in [0.2, 0.25) is 0 Å². The van der Waals surface area contributed by atoms with E-state index in [9.17, 15) is 37.8 Å². The number of aliphatic hydroxyl groups is 1. The maximum Gasteiger partial charge on any atom is 0.409 e. The van der Waals surface area contributed by atoms with Crippen molar-refractivity contribution < 1.29 is 37.8 Å². The summed E-state index contributed by atoms with van der Waals surface area (Å²) in [5.74, 6) is -1.93. The van der Waals surface area contributed by atoms with Gasteiger partial charge in [-0.05, 0) is 38.0 Å². The molecule has 4 atom stereocenters. The summed E-state index contributed by atoms with van der Waals surface area (Å²) < 4.78 is 37.5. The molecule has 39 heavy (non-hydrogen) atoms. The topological polar surface area (TPSA) is 110 Å². The van der Waals surface area contributed by atoms with Crippen LogP contribution >= 0.6 is 11.8 Å². The number of hydrogen-bond acceptors (Lipinski definition) is 6. The lowest BCUT2D eigenvalue weighted by Crippen LogP contribution is -2.74. The molecular formula is C27H28F3N3O5S. The zero-order chi connectivity index (χ0) is 28.5. The molecule has 3 N–H and O–H groups in total. The lowest BCUT2D eigenvalue weighted by atomic mass is 9.92. The molecule has 2 saturated heterocycles. The minimum absolute atomic E-state index is 0.0416. The van der Waals surface area contributed by atoms with E-state index < -0.39 is 47.0 Å². The number of nitrogens with zero attached hydrogens (tertiary/aromatic N) is 2. The third-order valence-corrected chi connectivity index (χ3v) is 8.46. The lowest BCUT2D eigenvalue weighted by molar-refractivity contribution is -0.166. The van der Waals surface area contributed by atoms with Crippen LogP contribution in [0.25, 0.3) is 0 Å². The number of carbonyl (C=O) groups excluding carboxylic acids is 3. The number of phenols is 1. The van der Waals surface area contributed by atoms with Crippen LogP contribution in [0.3, 0.4) is 0 Å². The Labute approximate surface area is 227 Å². The predicted molar refractivity (Wildman–Crippen MR) is 139 cm³/mol. The largest absolute Gasteiger partial charge is 0.508 e. The molecule has 8 nitrogen and oxygen atoms in total. The monoisotopic (exact) mass is 563 g/mol. The molecule has 1 unspecified atom stereocenters. The highest BCUT2D eigenvalue weighted by Crippen LogP contribution is 2.50. The van der Waals surface area contributed by atoms with E-state index in [0.717, 1.165) is 11.6 Å². The number of thioether (sulfide) groups is 1. The Bertz CT molecular complexity index is 1290. The fraction of sp³-hybridized carbons (Fsp3) is 0.370. The lowest BCUT2D eigenvalue weighted by Gasteiger charge is -2.52. The van der Waals surface area contributed by atoms with Crippen molar-refractivity contribution in [2.75, 3.05) is 12.4 Å². The molecule has 0 spiro atoms. The van der Waals surface area contributed by atoms with E-state index in [-0.39, 0.29) is 36.2 Å². The van der Waals surface area contributed by atoms with Crippen molar-refractivity contribution in [1.29, 1.82) is 0 Å². The number of aromatic hydroxyl groups is 1. The van der Waals surface area contributed by atoms with E-state index >= 15 is 0 Å². The number of fused-ring (bicyclic) bond motifs is 1. The van der Waals surface area contributed by atoms with Crippen LogP contribution in [-0.4, -0.2) is 79.4 Å². The molecule has 0 radical (unpaired) electrons. The Kier molecular flexibility index (Phi) is 7.99. The molecular weight excluding hydrogens is 535 g/mol. The summed E-state index contributed by atoms with van der Waals surface area (Å²) in [4.78, 5) is 41.0. The number of amides is 3. The van der Waals surface area contributed by atoms with E-state index in [1.165, 1.54) is 39.8 Å². The molecule has 0 aliphatic carbocycles. The van der Waals surface area contributed by atoms with E-state index in [4.69, 9.17) is 0 Å². The van der Waals surface area contributed by atoms with Crippen molar-refractivity contribution in [2.24, 2.45) is 0 Å². The van der Waals surface area contributed by atoms with E-state index in [2.05, 4.69) is 5.32 Å². The summed E-state index contributed by atoms with van der Waals surface area (Å²) in [6, 6.07) is 11.3. The quantitative estimate of drug-likeness (QED) is 0.337. The third-order valence-electron chi connectivity index (χ3n) is 7.03. The molecule has 208 valence electrons. The average Bonchev–Trinajstić information content (AvgIpc) is 3.20. The van der Waals surface area contributed by atoms with Crippen LogP contribution in [0.5, 0.6) is 5.75 Å². The van der Waals surface area contributed by atoms with E-state index in [1.54, 1.807) is 44.2 Å². The molecule has 12 heteroatoms. The third kappa shape index (κ3) is 5.76. The highest BCUT2D eigenvalue weighted by atomic mass is 32.2. The van der Waals surface area contributed by atoms with Crippen LogP contribution in [0, 0.1) is 6.92 Å². The van der Waals surface area contributed by atoms with Crippen molar-refractivity contribution in [3.05, 3.63) is 77.4 Å². The van der Waals surface area contributed by atoms with Gasteiger partial charge in [-0.3, -0.25) is 14.4 Å². The van der Waals surface area contributed by atoms with Gasteiger partial charge in [-0.2, -0.15) is 13.2 Å². The summed E-state index contributed by atoms with van der Waals surface area (Å²) in [5, 5.41) is 23.9. The second-order valence-electron chi connectivity index (χ2n) is 9.60. The summed E-state index contributed by atoms with van der Waals surface area (Å²) in [6.07, 6.45) is -5.20.